The average molecular weight is 265 g/mol. The summed E-state index contributed by atoms with van der Waals surface area (Å²) < 4.78 is 5.03. The molecule has 2 rings (SSSR count). The lowest BCUT2D eigenvalue weighted by Crippen LogP contribution is -2.14. The molecular formula is C13H13ClN2O2. The van der Waals surface area contributed by atoms with Crippen LogP contribution in [0, 0.1) is 6.92 Å². The molecule has 0 radical (unpaired) electrons. The Hall–Kier alpha value is -1.81. The van der Waals surface area contributed by atoms with Gasteiger partial charge in [0.15, 0.2) is 0 Å². The lowest BCUT2D eigenvalue weighted by Gasteiger charge is -2.05. The Morgan fingerprint density at radius 1 is 1.39 bits per heavy atom. The highest BCUT2D eigenvalue weighted by atomic mass is 35.5. The number of rotatable bonds is 3. The third-order valence-corrected chi connectivity index (χ3v) is 2.85. The summed E-state index contributed by atoms with van der Waals surface area (Å²) in [5.41, 5.74) is 1.86. The number of carbonyl (C=O) groups is 1. The Balaban J connectivity index is 2.21. The molecule has 0 saturated heterocycles. The van der Waals surface area contributed by atoms with Gasteiger partial charge in [0.1, 0.15) is 11.3 Å². The molecule has 1 amide bonds. The molecule has 5 heteroatoms. The molecule has 0 atom stereocenters. The van der Waals surface area contributed by atoms with E-state index in [2.05, 4.69) is 10.5 Å². The molecule has 2 aromatic rings. The van der Waals surface area contributed by atoms with Gasteiger partial charge in [-0.2, -0.15) is 0 Å². The maximum Gasteiger partial charge on any atom is 0.261 e. The Morgan fingerprint density at radius 2 is 2.06 bits per heavy atom. The van der Waals surface area contributed by atoms with Gasteiger partial charge >= 0.3 is 0 Å². The largest absolute Gasteiger partial charge is 0.361 e. The quantitative estimate of drug-likeness (QED) is 0.924. The molecule has 94 valence electrons. The molecule has 0 fully saturated rings. The van der Waals surface area contributed by atoms with Crippen molar-refractivity contribution in [2.75, 3.05) is 5.32 Å². The number of nitrogens with zero attached hydrogens (tertiary/aromatic N) is 1. The third-order valence-electron chi connectivity index (χ3n) is 2.60. The Morgan fingerprint density at radius 3 is 2.67 bits per heavy atom. The zero-order valence-corrected chi connectivity index (χ0v) is 10.9. The lowest BCUT2D eigenvalue weighted by molar-refractivity contribution is 0.102. The van der Waals surface area contributed by atoms with Crippen LogP contribution < -0.4 is 5.32 Å². The first kappa shape index (κ1) is 12.6. The van der Waals surface area contributed by atoms with Crippen LogP contribution in [0.2, 0.25) is 5.02 Å². The Bertz CT molecular complexity index is 561. The molecule has 1 heterocycles. The fourth-order valence-electron chi connectivity index (χ4n) is 1.68. The molecule has 0 aliphatic rings. The van der Waals surface area contributed by atoms with Crippen molar-refractivity contribution in [3.8, 4) is 0 Å². The second kappa shape index (κ2) is 5.23. The minimum Gasteiger partial charge on any atom is -0.361 e. The average Bonchev–Trinajstić information content (AvgIpc) is 2.73. The summed E-state index contributed by atoms with van der Waals surface area (Å²) in [5, 5.41) is 7.27. The van der Waals surface area contributed by atoms with Crippen molar-refractivity contribution in [1.82, 2.24) is 5.16 Å². The number of benzene rings is 1. The van der Waals surface area contributed by atoms with E-state index >= 15 is 0 Å². The van der Waals surface area contributed by atoms with E-state index in [4.69, 9.17) is 16.1 Å². The predicted molar refractivity (Wildman–Crippen MR) is 70.0 cm³/mol. The third kappa shape index (κ3) is 2.54. The smallest absolute Gasteiger partial charge is 0.261 e. The van der Waals surface area contributed by atoms with Crippen molar-refractivity contribution in [3.63, 3.8) is 0 Å². The topological polar surface area (TPSA) is 55.1 Å². The minimum atomic E-state index is -0.215. The van der Waals surface area contributed by atoms with Crippen molar-refractivity contribution in [3.05, 3.63) is 46.3 Å². The molecule has 0 spiro atoms. The minimum absolute atomic E-state index is 0.215. The summed E-state index contributed by atoms with van der Waals surface area (Å²) in [6.07, 6.45) is 0.653. The standard InChI is InChI=1S/C13H13ClN2O2/c1-3-11-12(8(2)18-16-11)13(17)15-10-6-4-9(14)5-7-10/h4-7H,3H2,1-2H3,(H,15,17). The summed E-state index contributed by atoms with van der Waals surface area (Å²) in [5.74, 6) is 0.311. The highest BCUT2D eigenvalue weighted by Crippen LogP contribution is 2.18. The number of hydrogen-bond acceptors (Lipinski definition) is 3. The van der Waals surface area contributed by atoms with E-state index in [0.29, 0.717) is 34.1 Å². The second-order valence-corrected chi connectivity index (χ2v) is 4.31. The van der Waals surface area contributed by atoms with E-state index in [1.807, 2.05) is 6.92 Å². The van der Waals surface area contributed by atoms with Crippen LogP contribution in [0.15, 0.2) is 28.8 Å². The van der Waals surface area contributed by atoms with Gasteiger partial charge in [-0.25, -0.2) is 0 Å². The van der Waals surface area contributed by atoms with Gasteiger partial charge < -0.3 is 9.84 Å². The molecule has 0 unspecified atom stereocenters. The normalized spacial score (nSPS) is 10.4. The van der Waals surface area contributed by atoms with Crippen molar-refractivity contribution in [2.24, 2.45) is 0 Å². The molecule has 18 heavy (non-hydrogen) atoms. The second-order valence-electron chi connectivity index (χ2n) is 3.88. The highest BCUT2D eigenvalue weighted by molar-refractivity contribution is 6.30. The first-order valence-electron chi connectivity index (χ1n) is 5.64. The molecule has 4 nitrogen and oxygen atoms in total. The van der Waals surface area contributed by atoms with Crippen molar-refractivity contribution >= 4 is 23.2 Å². The number of halogens is 1. The number of aromatic nitrogens is 1. The van der Waals surface area contributed by atoms with Crippen molar-refractivity contribution in [1.29, 1.82) is 0 Å². The Labute approximate surface area is 110 Å². The maximum absolute atomic E-state index is 12.1. The SMILES string of the molecule is CCc1noc(C)c1C(=O)Nc1ccc(Cl)cc1. The maximum atomic E-state index is 12.1. The van der Waals surface area contributed by atoms with Gasteiger partial charge in [0.25, 0.3) is 5.91 Å². The summed E-state index contributed by atoms with van der Waals surface area (Å²) in [7, 11) is 0. The monoisotopic (exact) mass is 264 g/mol. The number of amides is 1. The van der Waals surface area contributed by atoms with Gasteiger partial charge in [-0.15, -0.1) is 0 Å². The molecule has 0 aliphatic carbocycles. The number of hydrogen-bond donors (Lipinski definition) is 1. The van der Waals surface area contributed by atoms with E-state index in [9.17, 15) is 4.79 Å². The number of carbonyl (C=O) groups excluding carboxylic acids is 1. The van der Waals surface area contributed by atoms with Gasteiger partial charge in [0, 0.05) is 10.7 Å². The van der Waals surface area contributed by atoms with E-state index in [-0.39, 0.29) is 5.91 Å². The van der Waals surface area contributed by atoms with Gasteiger partial charge in [-0.3, -0.25) is 4.79 Å². The van der Waals surface area contributed by atoms with Gasteiger partial charge in [-0.05, 0) is 37.6 Å². The lowest BCUT2D eigenvalue weighted by atomic mass is 10.1. The van der Waals surface area contributed by atoms with Crippen LogP contribution in [0.25, 0.3) is 0 Å². The molecule has 0 bridgehead atoms. The summed E-state index contributed by atoms with van der Waals surface area (Å²) in [6.45, 7) is 3.65. The summed E-state index contributed by atoms with van der Waals surface area (Å²) >= 11 is 5.78. The highest BCUT2D eigenvalue weighted by Gasteiger charge is 2.18. The van der Waals surface area contributed by atoms with E-state index in [1.54, 1.807) is 31.2 Å². The van der Waals surface area contributed by atoms with E-state index in [1.165, 1.54) is 0 Å². The molecule has 1 N–H and O–H groups in total. The van der Waals surface area contributed by atoms with E-state index in [0.717, 1.165) is 0 Å². The van der Waals surface area contributed by atoms with Crippen molar-refractivity contribution < 1.29 is 9.32 Å². The van der Waals surface area contributed by atoms with Crippen molar-refractivity contribution in [2.45, 2.75) is 20.3 Å². The molecule has 0 saturated carbocycles. The van der Waals surface area contributed by atoms with Crippen LogP contribution in [0.5, 0.6) is 0 Å². The van der Waals surface area contributed by atoms with Gasteiger partial charge in [-0.1, -0.05) is 23.7 Å². The van der Waals surface area contributed by atoms with Gasteiger partial charge in [0.2, 0.25) is 0 Å². The van der Waals surface area contributed by atoms with Crippen LogP contribution in [-0.2, 0) is 6.42 Å². The zero-order valence-electron chi connectivity index (χ0n) is 10.2. The predicted octanol–water partition coefficient (Wildman–Crippen LogP) is 3.45. The fourth-order valence-corrected chi connectivity index (χ4v) is 1.80. The van der Waals surface area contributed by atoms with Crippen LogP contribution in [0.3, 0.4) is 0 Å². The number of aryl methyl sites for hydroxylation is 2. The van der Waals surface area contributed by atoms with Gasteiger partial charge in [0.05, 0.1) is 5.69 Å². The summed E-state index contributed by atoms with van der Waals surface area (Å²) in [6, 6.07) is 6.93. The van der Waals surface area contributed by atoms with E-state index < -0.39 is 0 Å². The fraction of sp³-hybridized carbons (Fsp3) is 0.231. The first-order valence-corrected chi connectivity index (χ1v) is 6.01. The summed E-state index contributed by atoms with van der Waals surface area (Å²) in [4.78, 5) is 12.1. The Kier molecular flexibility index (Phi) is 3.67. The van der Waals surface area contributed by atoms with Crippen LogP contribution in [-0.4, -0.2) is 11.1 Å². The zero-order chi connectivity index (χ0) is 13.1. The first-order chi connectivity index (χ1) is 8.61. The molecule has 0 aliphatic heterocycles. The number of nitrogens with one attached hydrogen (secondary N) is 1. The molecule has 1 aromatic heterocycles. The van der Waals surface area contributed by atoms with Crippen LogP contribution >= 0.6 is 11.6 Å². The molecule has 1 aromatic carbocycles. The van der Waals surface area contributed by atoms with Crippen LogP contribution in [0.4, 0.5) is 5.69 Å². The number of anilines is 1. The molecular weight excluding hydrogens is 252 g/mol. The van der Waals surface area contributed by atoms with Crippen LogP contribution in [0.1, 0.15) is 28.7 Å².